The predicted molar refractivity (Wildman–Crippen MR) is 80.5 cm³/mol. The fraction of sp³-hybridized carbons (Fsp3) is 0.842. The van der Waals surface area contributed by atoms with E-state index in [1.165, 1.54) is 31.3 Å². The zero-order valence-electron chi connectivity index (χ0n) is 13.0. The molecule has 0 radical (unpaired) electrons. The van der Waals surface area contributed by atoms with Crippen molar-refractivity contribution in [1.29, 1.82) is 0 Å². The van der Waals surface area contributed by atoms with E-state index < -0.39 is 0 Å². The first-order chi connectivity index (χ1) is 10.1. The Morgan fingerprint density at radius 3 is 2.95 bits per heavy atom. The van der Waals surface area contributed by atoms with Gasteiger partial charge in [-0.05, 0) is 85.5 Å². The molecule has 0 heterocycles. The maximum absolute atomic E-state index is 11.7. The molecule has 5 aliphatic rings. The van der Waals surface area contributed by atoms with Crippen molar-refractivity contribution >= 4 is 5.78 Å². The van der Waals surface area contributed by atoms with Gasteiger partial charge in [0.05, 0.1) is 6.10 Å². The molecule has 0 unspecified atom stereocenters. The monoisotopic (exact) mass is 286 g/mol. The van der Waals surface area contributed by atoms with Crippen LogP contribution in [-0.4, -0.2) is 17.0 Å². The van der Waals surface area contributed by atoms with Crippen molar-refractivity contribution in [3.63, 3.8) is 0 Å². The van der Waals surface area contributed by atoms with E-state index in [2.05, 4.69) is 6.92 Å². The second-order valence-electron chi connectivity index (χ2n) is 8.79. The molecule has 1 spiro atoms. The summed E-state index contributed by atoms with van der Waals surface area (Å²) in [5.41, 5.74) is 2.15. The first-order valence-electron chi connectivity index (χ1n) is 8.97. The number of carbonyl (C=O) groups excluding carboxylic acids is 1. The summed E-state index contributed by atoms with van der Waals surface area (Å²) < 4.78 is 0. The van der Waals surface area contributed by atoms with E-state index in [0.29, 0.717) is 17.1 Å². The summed E-state index contributed by atoms with van der Waals surface area (Å²) in [7, 11) is 0. The standard InChI is InChI=1S/C19H26O2/c1-18-7-6-15-14-4-3-13(20)8-11(14)2-5-16(15)19(18)10-12(19)9-17(18)21/h8,12,14-17,21H,2-7,9-10H2,1H3/t12-,14+,15-,16-,17+,18-,19+/m1/s1. The van der Waals surface area contributed by atoms with Crippen LogP contribution in [0.3, 0.4) is 0 Å². The number of hydrogen-bond acceptors (Lipinski definition) is 2. The van der Waals surface area contributed by atoms with Crippen LogP contribution in [-0.2, 0) is 4.79 Å². The SMILES string of the molecule is C[C@]12CC[C@H]3[C@@H](CCC4=CC(=O)CC[C@@H]43)[C@@]13C[C@H]3C[C@@H]2O. The number of ketones is 1. The van der Waals surface area contributed by atoms with Gasteiger partial charge in [-0.3, -0.25) is 4.79 Å². The summed E-state index contributed by atoms with van der Waals surface area (Å²) in [6.45, 7) is 2.39. The molecule has 7 atom stereocenters. The molecule has 0 aromatic heterocycles. The van der Waals surface area contributed by atoms with Gasteiger partial charge in [0.25, 0.3) is 0 Å². The molecule has 21 heavy (non-hydrogen) atoms. The van der Waals surface area contributed by atoms with Crippen LogP contribution in [0, 0.1) is 34.5 Å². The molecule has 0 aliphatic heterocycles. The highest BCUT2D eigenvalue weighted by Crippen LogP contribution is 2.81. The Morgan fingerprint density at radius 2 is 2.10 bits per heavy atom. The fourth-order valence-corrected chi connectivity index (χ4v) is 7.40. The summed E-state index contributed by atoms with van der Waals surface area (Å²) in [6, 6.07) is 0. The number of rotatable bonds is 0. The van der Waals surface area contributed by atoms with Gasteiger partial charge in [-0.15, -0.1) is 0 Å². The van der Waals surface area contributed by atoms with Gasteiger partial charge < -0.3 is 5.11 Å². The zero-order chi connectivity index (χ0) is 14.4. The molecule has 4 fully saturated rings. The van der Waals surface area contributed by atoms with Crippen molar-refractivity contribution in [2.45, 2.75) is 64.4 Å². The number of carbonyl (C=O) groups is 1. The summed E-state index contributed by atoms with van der Waals surface area (Å²) in [4.78, 5) is 11.7. The van der Waals surface area contributed by atoms with Crippen LogP contribution in [0.25, 0.3) is 0 Å². The summed E-state index contributed by atoms with van der Waals surface area (Å²) in [6.07, 6.45) is 11.2. The molecule has 4 saturated carbocycles. The van der Waals surface area contributed by atoms with Gasteiger partial charge >= 0.3 is 0 Å². The quantitative estimate of drug-likeness (QED) is 0.740. The van der Waals surface area contributed by atoms with Gasteiger partial charge in [-0.1, -0.05) is 12.5 Å². The molecule has 0 amide bonds. The van der Waals surface area contributed by atoms with E-state index in [9.17, 15) is 9.90 Å². The molecule has 0 saturated heterocycles. The molecule has 2 nitrogen and oxygen atoms in total. The third-order valence-corrected chi connectivity index (χ3v) is 8.42. The Hall–Kier alpha value is -0.630. The molecular formula is C19H26O2. The smallest absolute Gasteiger partial charge is 0.155 e. The molecule has 5 rings (SSSR count). The van der Waals surface area contributed by atoms with Crippen LogP contribution < -0.4 is 0 Å². The van der Waals surface area contributed by atoms with Crippen LogP contribution in [0.15, 0.2) is 11.6 Å². The molecule has 0 aromatic carbocycles. The summed E-state index contributed by atoms with van der Waals surface area (Å²) >= 11 is 0. The number of hydrogen-bond donors (Lipinski definition) is 1. The lowest BCUT2D eigenvalue weighted by molar-refractivity contribution is -0.116. The minimum atomic E-state index is -0.0536. The third-order valence-electron chi connectivity index (χ3n) is 8.42. The zero-order valence-corrected chi connectivity index (χ0v) is 13.0. The Balaban J connectivity index is 1.53. The highest BCUT2D eigenvalue weighted by molar-refractivity contribution is 5.91. The number of aliphatic hydroxyl groups is 1. The molecule has 1 N–H and O–H groups in total. The van der Waals surface area contributed by atoms with E-state index >= 15 is 0 Å². The van der Waals surface area contributed by atoms with E-state index in [4.69, 9.17) is 0 Å². The molecule has 2 heteroatoms. The van der Waals surface area contributed by atoms with E-state index in [1.807, 2.05) is 6.08 Å². The normalized spacial score (nSPS) is 57.7. The average molecular weight is 286 g/mol. The van der Waals surface area contributed by atoms with Gasteiger partial charge in [0.1, 0.15) is 0 Å². The van der Waals surface area contributed by atoms with Crippen LogP contribution in [0.1, 0.15) is 58.3 Å². The van der Waals surface area contributed by atoms with Gasteiger partial charge in [-0.2, -0.15) is 0 Å². The number of allylic oxidation sites excluding steroid dienone is 1. The first kappa shape index (κ1) is 12.9. The number of fused-ring (bicyclic) bond motifs is 3. The third kappa shape index (κ3) is 1.37. The maximum Gasteiger partial charge on any atom is 0.155 e. The van der Waals surface area contributed by atoms with E-state index in [-0.39, 0.29) is 11.5 Å². The molecular weight excluding hydrogens is 260 g/mol. The van der Waals surface area contributed by atoms with Crippen molar-refractivity contribution in [3.8, 4) is 0 Å². The van der Waals surface area contributed by atoms with Crippen molar-refractivity contribution in [3.05, 3.63) is 11.6 Å². The van der Waals surface area contributed by atoms with Gasteiger partial charge in [0.2, 0.25) is 0 Å². The van der Waals surface area contributed by atoms with Crippen molar-refractivity contribution in [2.75, 3.05) is 0 Å². The largest absolute Gasteiger partial charge is 0.393 e. The molecule has 5 aliphatic carbocycles. The van der Waals surface area contributed by atoms with Gasteiger partial charge in [0.15, 0.2) is 5.78 Å². The predicted octanol–water partition coefficient (Wildman–Crippen LogP) is 3.49. The van der Waals surface area contributed by atoms with Crippen LogP contribution in [0.2, 0.25) is 0 Å². The Kier molecular flexibility index (Phi) is 2.34. The Labute approximate surface area is 127 Å². The Bertz CT molecular complexity index is 550. The first-order valence-corrected chi connectivity index (χ1v) is 8.97. The number of aliphatic hydroxyl groups excluding tert-OH is 1. The fourth-order valence-electron chi connectivity index (χ4n) is 7.40. The van der Waals surface area contributed by atoms with E-state index in [0.717, 1.165) is 43.4 Å². The lowest BCUT2D eigenvalue weighted by Gasteiger charge is -2.55. The van der Waals surface area contributed by atoms with Crippen molar-refractivity contribution < 1.29 is 9.90 Å². The lowest BCUT2D eigenvalue weighted by atomic mass is 9.49. The maximum atomic E-state index is 11.7. The second kappa shape index (κ2) is 3.82. The highest BCUT2D eigenvalue weighted by Gasteiger charge is 2.76. The topological polar surface area (TPSA) is 37.3 Å². The van der Waals surface area contributed by atoms with Crippen molar-refractivity contribution in [1.82, 2.24) is 0 Å². The highest BCUT2D eigenvalue weighted by atomic mass is 16.3. The Morgan fingerprint density at radius 1 is 1.24 bits per heavy atom. The minimum absolute atomic E-state index is 0.0536. The van der Waals surface area contributed by atoms with Gasteiger partial charge in [0, 0.05) is 6.42 Å². The molecule has 0 aromatic rings. The molecule has 0 bridgehead atoms. The minimum Gasteiger partial charge on any atom is -0.393 e. The average Bonchev–Trinajstić information content (AvgIpc) is 3.12. The van der Waals surface area contributed by atoms with Crippen LogP contribution in [0.5, 0.6) is 0 Å². The summed E-state index contributed by atoms with van der Waals surface area (Å²) in [5.74, 6) is 3.50. The van der Waals surface area contributed by atoms with Crippen LogP contribution >= 0.6 is 0 Å². The second-order valence-corrected chi connectivity index (χ2v) is 8.79. The lowest BCUT2D eigenvalue weighted by Crippen LogP contribution is -2.50. The van der Waals surface area contributed by atoms with Gasteiger partial charge in [-0.25, -0.2) is 0 Å². The molecule has 114 valence electrons. The van der Waals surface area contributed by atoms with E-state index in [1.54, 1.807) is 0 Å². The van der Waals surface area contributed by atoms with Crippen LogP contribution in [0.4, 0.5) is 0 Å². The van der Waals surface area contributed by atoms with Crippen molar-refractivity contribution in [2.24, 2.45) is 34.5 Å². The summed E-state index contributed by atoms with van der Waals surface area (Å²) in [5, 5.41) is 10.6.